The predicted octanol–water partition coefficient (Wildman–Crippen LogP) is 1.69. The van der Waals surface area contributed by atoms with Crippen molar-refractivity contribution in [3.8, 4) is 5.75 Å². The van der Waals surface area contributed by atoms with Crippen LogP contribution in [0.3, 0.4) is 0 Å². The van der Waals surface area contributed by atoms with Crippen LogP contribution in [0.5, 0.6) is 5.75 Å². The first-order valence-corrected chi connectivity index (χ1v) is 7.43. The van der Waals surface area contributed by atoms with Crippen molar-refractivity contribution in [2.75, 3.05) is 6.54 Å². The Kier molecular flexibility index (Phi) is 6.84. The zero-order chi connectivity index (χ0) is 17.6. The van der Waals surface area contributed by atoms with Crippen molar-refractivity contribution in [2.45, 2.75) is 26.9 Å². The van der Waals surface area contributed by atoms with Gasteiger partial charge in [0.05, 0.1) is 5.56 Å². The molecule has 0 saturated carbocycles. The van der Waals surface area contributed by atoms with Crippen molar-refractivity contribution in [3.05, 3.63) is 28.8 Å². The monoisotopic (exact) mass is 341 g/mol. The molecule has 8 heteroatoms. The number of ether oxygens (including phenoxy) is 1. The molecule has 0 aromatic heterocycles. The minimum Gasteiger partial charge on any atom is -0.480 e. The number of halogens is 1. The van der Waals surface area contributed by atoms with Gasteiger partial charge in [-0.3, -0.25) is 14.9 Å². The van der Waals surface area contributed by atoms with Crippen LogP contribution in [0.25, 0.3) is 0 Å². The highest BCUT2D eigenvalue weighted by Crippen LogP contribution is 2.23. The van der Waals surface area contributed by atoms with Gasteiger partial charge in [-0.15, -0.1) is 0 Å². The number of hydrogen-bond acceptors (Lipinski definition) is 4. The number of hydrogen-bond donors (Lipinski definition) is 3. The van der Waals surface area contributed by atoms with Gasteiger partial charge in [0, 0.05) is 11.6 Å². The lowest BCUT2D eigenvalue weighted by molar-refractivity contribution is -0.126. The minimum absolute atomic E-state index is 0.0569. The van der Waals surface area contributed by atoms with Crippen LogP contribution in [-0.2, 0) is 4.79 Å². The van der Waals surface area contributed by atoms with Crippen molar-refractivity contribution >= 4 is 29.4 Å². The van der Waals surface area contributed by atoms with Crippen LogP contribution in [0.4, 0.5) is 4.79 Å². The quantitative estimate of drug-likeness (QED) is 0.731. The summed E-state index contributed by atoms with van der Waals surface area (Å²) in [5.41, 5.74) is 5.30. The number of amides is 4. The lowest BCUT2D eigenvalue weighted by atomic mass is 10.2. The molecule has 4 N–H and O–H groups in total. The summed E-state index contributed by atoms with van der Waals surface area (Å²) in [6, 6.07) is 3.68. The number of nitrogens with one attached hydrogen (secondary N) is 2. The molecule has 0 saturated heterocycles. The molecule has 1 atom stereocenters. The average molecular weight is 342 g/mol. The van der Waals surface area contributed by atoms with Gasteiger partial charge in [0.1, 0.15) is 5.75 Å². The minimum atomic E-state index is -1.00. The van der Waals surface area contributed by atoms with E-state index in [1.807, 2.05) is 13.8 Å². The van der Waals surface area contributed by atoms with Gasteiger partial charge in [-0.25, -0.2) is 4.79 Å². The van der Waals surface area contributed by atoms with E-state index in [-0.39, 0.29) is 17.2 Å². The number of imide groups is 1. The molecule has 0 radical (unpaired) electrons. The molecule has 0 spiro atoms. The molecule has 1 aromatic carbocycles. The molecular formula is C15H20ClN3O4. The van der Waals surface area contributed by atoms with Gasteiger partial charge in [0.25, 0.3) is 11.8 Å². The van der Waals surface area contributed by atoms with E-state index in [4.69, 9.17) is 22.1 Å². The van der Waals surface area contributed by atoms with Gasteiger partial charge in [-0.2, -0.15) is 0 Å². The highest BCUT2D eigenvalue weighted by atomic mass is 35.5. The summed E-state index contributed by atoms with van der Waals surface area (Å²) in [6.45, 7) is 5.75. The van der Waals surface area contributed by atoms with Crippen LogP contribution in [0.15, 0.2) is 18.2 Å². The Balaban J connectivity index is 2.69. The molecule has 0 aliphatic heterocycles. The Morgan fingerprint density at radius 3 is 2.48 bits per heavy atom. The Bertz CT molecular complexity index is 604. The average Bonchev–Trinajstić information content (AvgIpc) is 2.46. The number of carbonyl (C=O) groups excluding carboxylic acids is 3. The van der Waals surface area contributed by atoms with Crippen LogP contribution in [-0.4, -0.2) is 30.5 Å². The maximum absolute atomic E-state index is 11.9. The van der Waals surface area contributed by atoms with E-state index in [1.54, 1.807) is 0 Å². The van der Waals surface area contributed by atoms with E-state index in [9.17, 15) is 14.4 Å². The summed E-state index contributed by atoms with van der Waals surface area (Å²) in [5.74, 6) is -0.995. The summed E-state index contributed by atoms with van der Waals surface area (Å²) in [4.78, 5) is 34.8. The largest absolute Gasteiger partial charge is 0.480 e. The number of benzene rings is 1. The number of rotatable bonds is 6. The molecule has 1 aromatic rings. The molecule has 4 amide bonds. The summed E-state index contributed by atoms with van der Waals surface area (Å²) in [5, 5.41) is 5.03. The zero-order valence-electron chi connectivity index (χ0n) is 13.2. The van der Waals surface area contributed by atoms with Gasteiger partial charge in [-0.05, 0) is 31.0 Å². The Morgan fingerprint density at radius 1 is 1.26 bits per heavy atom. The second-order valence-electron chi connectivity index (χ2n) is 5.36. The Morgan fingerprint density at radius 2 is 1.91 bits per heavy atom. The maximum atomic E-state index is 11.9. The number of primary amides is 1. The van der Waals surface area contributed by atoms with E-state index in [2.05, 4.69) is 10.6 Å². The van der Waals surface area contributed by atoms with E-state index in [1.165, 1.54) is 25.1 Å². The molecular weight excluding hydrogens is 322 g/mol. The fourth-order valence-electron chi connectivity index (χ4n) is 1.60. The molecule has 7 nitrogen and oxygen atoms in total. The van der Waals surface area contributed by atoms with E-state index >= 15 is 0 Å². The van der Waals surface area contributed by atoms with Gasteiger partial charge < -0.3 is 15.8 Å². The third-order valence-corrected chi connectivity index (χ3v) is 3.02. The van der Waals surface area contributed by atoms with Gasteiger partial charge in [-0.1, -0.05) is 25.4 Å². The third-order valence-electron chi connectivity index (χ3n) is 2.79. The van der Waals surface area contributed by atoms with Crippen molar-refractivity contribution in [2.24, 2.45) is 11.7 Å². The second kappa shape index (κ2) is 8.38. The first-order valence-electron chi connectivity index (χ1n) is 7.05. The summed E-state index contributed by atoms with van der Waals surface area (Å²) in [6.07, 6.45) is -1.00. The van der Waals surface area contributed by atoms with Crippen molar-refractivity contribution in [1.29, 1.82) is 0 Å². The summed E-state index contributed by atoms with van der Waals surface area (Å²) in [7, 11) is 0. The maximum Gasteiger partial charge on any atom is 0.321 e. The molecule has 0 unspecified atom stereocenters. The van der Waals surface area contributed by atoms with Crippen molar-refractivity contribution < 1.29 is 19.1 Å². The fraction of sp³-hybridized carbons (Fsp3) is 0.400. The van der Waals surface area contributed by atoms with E-state index in [0.717, 1.165) is 0 Å². The van der Waals surface area contributed by atoms with Crippen molar-refractivity contribution in [1.82, 2.24) is 10.6 Å². The smallest absolute Gasteiger partial charge is 0.321 e. The van der Waals surface area contributed by atoms with E-state index < -0.39 is 23.9 Å². The molecule has 0 bridgehead atoms. The third kappa shape index (κ3) is 6.15. The Labute approximate surface area is 139 Å². The first kappa shape index (κ1) is 18.8. The molecule has 0 aliphatic rings. The van der Waals surface area contributed by atoms with Crippen LogP contribution in [0, 0.1) is 5.92 Å². The Hall–Kier alpha value is -2.28. The summed E-state index contributed by atoms with van der Waals surface area (Å²) >= 11 is 5.79. The first-order chi connectivity index (χ1) is 10.7. The fourth-order valence-corrected chi connectivity index (χ4v) is 1.77. The van der Waals surface area contributed by atoms with Gasteiger partial charge >= 0.3 is 6.03 Å². The van der Waals surface area contributed by atoms with Crippen LogP contribution < -0.4 is 21.1 Å². The van der Waals surface area contributed by atoms with Crippen molar-refractivity contribution in [3.63, 3.8) is 0 Å². The SMILES string of the molecule is CC(C)CNC(=O)NC(=O)[C@H](C)Oc1ccc(Cl)cc1C(N)=O. The molecule has 0 aliphatic carbocycles. The van der Waals surface area contributed by atoms with Crippen LogP contribution in [0.2, 0.25) is 5.02 Å². The molecule has 0 fully saturated rings. The topological polar surface area (TPSA) is 111 Å². The number of urea groups is 1. The lowest BCUT2D eigenvalue weighted by Gasteiger charge is -2.16. The molecule has 23 heavy (non-hydrogen) atoms. The predicted molar refractivity (Wildman–Crippen MR) is 86.4 cm³/mol. The molecule has 0 heterocycles. The van der Waals surface area contributed by atoms with Crippen LogP contribution >= 0.6 is 11.6 Å². The summed E-state index contributed by atoms with van der Waals surface area (Å²) < 4.78 is 5.40. The second-order valence-corrected chi connectivity index (χ2v) is 5.79. The number of nitrogens with two attached hydrogens (primary N) is 1. The molecule has 1 rings (SSSR count). The lowest BCUT2D eigenvalue weighted by Crippen LogP contribution is -2.46. The normalized spacial score (nSPS) is 11.7. The van der Waals surface area contributed by atoms with Gasteiger partial charge in [0.15, 0.2) is 6.10 Å². The standard InChI is InChI=1S/C15H20ClN3O4/c1-8(2)7-18-15(22)19-14(21)9(3)23-12-5-4-10(16)6-11(12)13(17)20/h4-6,8-9H,7H2,1-3H3,(H2,17,20)(H2,18,19,21,22)/t9-/m0/s1. The molecule has 126 valence electrons. The van der Waals surface area contributed by atoms with Crippen LogP contribution in [0.1, 0.15) is 31.1 Å². The number of carbonyl (C=O) groups is 3. The van der Waals surface area contributed by atoms with E-state index in [0.29, 0.717) is 11.6 Å². The highest BCUT2D eigenvalue weighted by molar-refractivity contribution is 6.31. The van der Waals surface area contributed by atoms with Gasteiger partial charge in [0.2, 0.25) is 0 Å². The highest BCUT2D eigenvalue weighted by Gasteiger charge is 2.20. The zero-order valence-corrected chi connectivity index (χ0v) is 13.9.